The van der Waals surface area contributed by atoms with Crippen LogP contribution in [0.2, 0.25) is 0 Å². The molecule has 1 aromatic heterocycles. The fourth-order valence-electron chi connectivity index (χ4n) is 1.70. The minimum Gasteiger partial charge on any atom is -0.497 e. The summed E-state index contributed by atoms with van der Waals surface area (Å²) >= 11 is 2.91. The van der Waals surface area contributed by atoms with E-state index in [0.717, 1.165) is 21.4 Å². The van der Waals surface area contributed by atoms with Crippen molar-refractivity contribution in [2.45, 2.75) is 30.9 Å². The molecule has 0 radical (unpaired) electrons. The van der Waals surface area contributed by atoms with E-state index in [4.69, 9.17) is 9.47 Å². The van der Waals surface area contributed by atoms with Gasteiger partial charge < -0.3 is 14.8 Å². The van der Waals surface area contributed by atoms with Gasteiger partial charge in [-0.2, -0.15) is 0 Å². The van der Waals surface area contributed by atoms with Gasteiger partial charge in [-0.05, 0) is 17.7 Å². The molecule has 0 saturated heterocycles. The molecule has 1 N–H and O–H groups in total. The first kappa shape index (κ1) is 18.5. The zero-order chi connectivity index (χ0) is 17.7. The van der Waals surface area contributed by atoms with E-state index in [9.17, 15) is 4.79 Å². The fraction of sp³-hybridized carbons (Fsp3) is 0.438. The predicted octanol–water partition coefficient (Wildman–Crippen LogP) is 3.83. The summed E-state index contributed by atoms with van der Waals surface area (Å²) in [5.41, 5.74) is 0.600. The number of benzene rings is 1. The molecular formula is C16H21N3O3S2. The summed E-state index contributed by atoms with van der Waals surface area (Å²) in [6, 6.07) is 5.75. The molecule has 0 aliphatic heterocycles. The topological polar surface area (TPSA) is 73.3 Å². The molecule has 0 aliphatic carbocycles. The third-order valence-electron chi connectivity index (χ3n) is 3.08. The third kappa shape index (κ3) is 5.10. The van der Waals surface area contributed by atoms with Crippen LogP contribution in [0.1, 0.15) is 26.3 Å². The molecule has 130 valence electrons. The first-order valence-corrected chi connectivity index (χ1v) is 9.11. The fourth-order valence-corrected chi connectivity index (χ4v) is 3.38. The summed E-state index contributed by atoms with van der Waals surface area (Å²) in [6.07, 6.45) is 0. The van der Waals surface area contributed by atoms with Crippen LogP contribution in [0, 0.1) is 5.41 Å². The molecule has 0 unspecified atom stereocenters. The Bertz CT molecular complexity index is 689. The van der Waals surface area contributed by atoms with Crippen LogP contribution in [0.5, 0.6) is 11.5 Å². The first-order chi connectivity index (χ1) is 11.3. The van der Waals surface area contributed by atoms with Crippen LogP contribution in [-0.4, -0.2) is 30.3 Å². The van der Waals surface area contributed by atoms with Gasteiger partial charge in [-0.15, -0.1) is 10.2 Å². The van der Waals surface area contributed by atoms with Crippen LogP contribution in [0.25, 0.3) is 0 Å². The molecular weight excluding hydrogens is 346 g/mol. The van der Waals surface area contributed by atoms with Crippen LogP contribution in [0.3, 0.4) is 0 Å². The van der Waals surface area contributed by atoms with E-state index in [1.807, 2.05) is 39.0 Å². The molecule has 8 heteroatoms. The molecule has 2 aromatic rings. The van der Waals surface area contributed by atoms with Crippen LogP contribution in [-0.2, 0) is 10.5 Å². The van der Waals surface area contributed by atoms with E-state index in [-0.39, 0.29) is 5.91 Å². The molecule has 0 fully saturated rings. The van der Waals surface area contributed by atoms with E-state index >= 15 is 0 Å². The summed E-state index contributed by atoms with van der Waals surface area (Å²) in [6.45, 7) is 5.57. The first-order valence-electron chi connectivity index (χ1n) is 7.31. The van der Waals surface area contributed by atoms with Crippen molar-refractivity contribution in [3.8, 4) is 11.5 Å². The summed E-state index contributed by atoms with van der Waals surface area (Å²) in [5.74, 6) is 2.13. The molecule has 1 aromatic carbocycles. The summed E-state index contributed by atoms with van der Waals surface area (Å²) < 4.78 is 11.3. The number of aromatic nitrogens is 2. The number of carbonyl (C=O) groups is 1. The van der Waals surface area contributed by atoms with Crippen molar-refractivity contribution >= 4 is 34.1 Å². The van der Waals surface area contributed by atoms with E-state index in [0.29, 0.717) is 10.9 Å². The number of amides is 1. The van der Waals surface area contributed by atoms with Gasteiger partial charge in [0, 0.05) is 17.2 Å². The second kappa shape index (κ2) is 7.85. The van der Waals surface area contributed by atoms with Gasteiger partial charge in [0.1, 0.15) is 11.5 Å². The SMILES string of the molecule is COc1cc(CSc2nnc(NC(=O)C(C)(C)C)s2)cc(OC)c1. The number of carbonyl (C=O) groups excluding carboxylic acids is 1. The normalized spacial score (nSPS) is 11.2. The van der Waals surface area contributed by atoms with Gasteiger partial charge in [0.25, 0.3) is 0 Å². The van der Waals surface area contributed by atoms with Crippen molar-refractivity contribution in [2.75, 3.05) is 19.5 Å². The number of rotatable bonds is 6. The smallest absolute Gasteiger partial charge is 0.231 e. The monoisotopic (exact) mass is 367 g/mol. The van der Waals surface area contributed by atoms with Gasteiger partial charge in [-0.25, -0.2) is 0 Å². The Hall–Kier alpha value is -1.80. The van der Waals surface area contributed by atoms with Crippen molar-refractivity contribution in [3.63, 3.8) is 0 Å². The number of nitrogens with zero attached hydrogens (tertiary/aromatic N) is 2. The quantitative estimate of drug-likeness (QED) is 0.618. The van der Waals surface area contributed by atoms with Crippen molar-refractivity contribution < 1.29 is 14.3 Å². The molecule has 1 heterocycles. The lowest BCUT2D eigenvalue weighted by Gasteiger charge is -2.15. The molecule has 0 aliphatic rings. The number of hydrogen-bond acceptors (Lipinski definition) is 7. The lowest BCUT2D eigenvalue weighted by atomic mass is 9.96. The van der Waals surface area contributed by atoms with Crippen molar-refractivity contribution in [1.29, 1.82) is 0 Å². The van der Waals surface area contributed by atoms with Crippen molar-refractivity contribution in [2.24, 2.45) is 5.41 Å². The van der Waals surface area contributed by atoms with Gasteiger partial charge in [-0.1, -0.05) is 43.9 Å². The van der Waals surface area contributed by atoms with Gasteiger partial charge in [0.15, 0.2) is 4.34 Å². The van der Waals surface area contributed by atoms with E-state index in [1.54, 1.807) is 26.0 Å². The Balaban J connectivity index is 1.99. The molecule has 0 bridgehead atoms. The molecule has 2 rings (SSSR count). The van der Waals surface area contributed by atoms with Crippen LogP contribution in [0.4, 0.5) is 5.13 Å². The lowest BCUT2D eigenvalue weighted by molar-refractivity contribution is -0.123. The highest BCUT2D eigenvalue weighted by atomic mass is 32.2. The standard InChI is InChI=1S/C16H21N3O3S2/c1-16(2,3)13(20)17-14-18-19-15(24-14)23-9-10-6-11(21-4)8-12(7-10)22-5/h6-8H,9H2,1-5H3,(H,17,18,20). The van der Waals surface area contributed by atoms with Gasteiger partial charge >= 0.3 is 0 Å². The lowest BCUT2D eigenvalue weighted by Crippen LogP contribution is -2.27. The Morgan fingerprint density at radius 3 is 2.33 bits per heavy atom. The van der Waals surface area contributed by atoms with Gasteiger partial charge in [-0.3, -0.25) is 4.79 Å². The largest absolute Gasteiger partial charge is 0.497 e. The average Bonchev–Trinajstić information content (AvgIpc) is 2.99. The van der Waals surface area contributed by atoms with Crippen LogP contribution >= 0.6 is 23.1 Å². The second-order valence-electron chi connectivity index (χ2n) is 6.09. The maximum Gasteiger partial charge on any atom is 0.231 e. The van der Waals surface area contributed by atoms with E-state index in [1.165, 1.54) is 11.3 Å². The number of hydrogen-bond donors (Lipinski definition) is 1. The summed E-state index contributed by atoms with van der Waals surface area (Å²) in [4.78, 5) is 12.0. The molecule has 0 saturated carbocycles. The minimum atomic E-state index is -0.462. The Morgan fingerprint density at radius 1 is 1.17 bits per heavy atom. The molecule has 6 nitrogen and oxygen atoms in total. The zero-order valence-electron chi connectivity index (χ0n) is 14.4. The zero-order valence-corrected chi connectivity index (χ0v) is 16.0. The maximum atomic E-state index is 12.0. The summed E-state index contributed by atoms with van der Waals surface area (Å²) in [7, 11) is 3.25. The third-order valence-corrected chi connectivity index (χ3v) is 5.12. The molecule has 24 heavy (non-hydrogen) atoms. The van der Waals surface area contributed by atoms with E-state index < -0.39 is 5.41 Å². The minimum absolute atomic E-state index is 0.0762. The number of nitrogens with one attached hydrogen (secondary N) is 1. The highest BCUT2D eigenvalue weighted by molar-refractivity contribution is 8.00. The van der Waals surface area contributed by atoms with E-state index in [2.05, 4.69) is 15.5 Å². The Morgan fingerprint density at radius 2 is 1.79 bits per heavy atom. The number of methoxy groups -OCH3 is 2. The molecule has 0 spiro atoms. The summed E-state index contributed by atoms with van der Waals surface area (Å²) in [5, 5.41) is 11.4. The number of ether oxygens (including phenoxy) is 2. The average molecular weight is 367 g/mol. The van der Waals surface area contributed by atoms with Crippen LogP contribution < -0.4 is 14.8 Å². The Labute approximate surface area is 150 Å². The number of anilines is 1. The van der Waals surface area contributed by atoms with Crippen molar-refractivity contribution in [1.82, 2.24) is 10.2 Å². The molecule has 1 amide bonds. The predicted molar refractivity (Wildman–Crippen MR) is 97.1 cm³/mol. The Kier molecular flexibility index (Phi) is 6.06. The van der Waals surface area contributed by atoms with Gasteiger partial charge in [0.2, 0.25) is 11.0 Å². The highest BCUT2D eigenvalue weighted by Gasteiger charge is 2.22. The second-order valence-corrected chi connectivity index (χ2v) is 8.29. The maximum absolute atomic E-state index is 12.0. The highest BCUT2D eigenvalue weighted by Crippen LogP contribution is 2.31. The van der Waals surface area contributed by atoms with Gasteiger partial charge in [0.05, 0.1) is 14.2 Å². The molecule has 0 atom stereocenters. The number of thioether (sulfide) groups is 1. The van der Waals surface area contributed by atoms with Crippen LogP contribution in [0.15, 0.2) is 22.5 Å². The van der Waals surface area contributed by atoms with Crippen molar-refractivity contribution in [3.05, 3.63) is 23.8 Å².